The Hall–Kier alpha value is -0.730. The van der Waals surface area contributed by atoms with E-state index in [1.165, 1.54) is 6.42 Å². The first-order valence-corrected chi connectivity index (χ1v) is 5.87. The molecule has 0 aromatic carbocycles. The molecule has 1 fully saturated rings. The van der Waals surface area contributed by atoms with Crippen LogP contribution in [0.25, 0.3) is 0 Å². The molecule has 0 bridgehead atoms. The molecular formula is C12H23NO2. The molecule has 1 N–H and O–H groups in total. The molecule has 1 rings (SSSR count). The molecule has 2 atom stereocenters. The smallest absolute Gasteiger partial charge is 0.407 e. The molecule has 1 amide bonds. The van der Waals surface area contributed by atoms with Crippen molar-refractivity contribution in [1.29, 1.82) is 0 Å². The van der Waals surface area contributed by atoms with Crippen molar-refractivity contribution in [2.24, 2.45) is 11.3 Å². The molecule has 0 radical (unpaired) electrons. The molecule has 2 unspecified atom stereocenters. The second kappa shape index (κ2) is 4.86. The van der Waals surface area contributed by atoms with Crippen molar-refractivity contribution in [1.82, 2.24) is 5.32 Å². The number of nitrogens with one attached hydrogen (secondary N) is 1. The van der Waals surface area contributed by atoms with Crippen LogP contribution < -0.4 is 5.32 Å². The van der Waals surface area contributed by atoms with E-state index in [0.29, 0.717) is 17.9 Å². The van der Waals surface area contributed by atoms with Crippen LogP contribution in [0.3, 0.4) is 0 Å². The van der Waals surface area contributed by atoms with Crippen molar-refractivity contribution in [3.8, 4) is 0 Å². The zero-order chi connectivity index (χ0) is 11.5. The summed E-state index contributed by atoms with van der Waals surface area (Å²) in [7, 11) is 0. The zero-order valence-corrected chi connectivity index (χ0v) is 10.3. The van der Waals surface area contributed by atoms with Crippen LogP contribution >= 0.6 is 0 Å². The lowest BCUT2D eigenvalue weighted by Crippen LogP contribution is -2.36. The van der Waals surface area contributed by atoms with E-state index in [9.17, 15) is 4.79 Å². The Morgan fingerprint density at radius 3 is 2.67 bits per heavy atom. The molecule has 0 aliphatic heterocycles. The first-order valence-electron chi connectivity index (χ1n) is 5.87. The van der Waals surface area contributed by atoms with Gasteiger partial charge >= 0.3 is 6.09 Å². The van der Waals surface area contributed by atoms with Crippen LogP contribution in [0.5, 0.6) is 0 Å². The van der Waals surface area contributed by atoms with E-state index < -0.39 is 0 Å². The molecule has 15 heavy (non-hydrogen) atoms. The molecule has 3 heteroatoms. The molecule has 1 aliphatic carbocycles. The third kappa shape index (κ3) is 4.10. The van der Waals surface area contributed by atoms with Gasteiger partial charge in [-0.25, -0.2) is 4.79 Å². The van der Waals surface area contributed by atoms with Crippen molar-refractivity contribution < 1.29 is 9.53 Å². The monoisotopic (exact) mass is 213 g/mol. The number of amides is 1. The van der Waals surface area contributed by atoms with E-state index in [4.69, 9.17) is 4.74 Å². The minimum absolute atomic E-state index is 0.0929. The van der Waals surface area contributed by atoms with Crippen LogP contribution in [-0.2, 0) is 4.74 Å². The van der Waals surface area contributed by atoms with Gasteiger partial charge in [-0.1, -0.05) is 20.8 Å². The highest BCUT2D eigenvalue weighted by molar-refractivity contribution is 5.67. The highest BCUT2D eigenvalue weighted by Gasteiger charge is 2.33. The lowest BCUT2D eigenvalue weighted by Gasteiger charge is -2.38. The molecule has 0 spiro atoms. The number of hydrogen-bond acceptors (Lipinski definition) is 2. The minimum atomic E-state index is -0.271. The fourth-order valence-corrected chi connectivity index (χ4v) is 2.69. The Labute approximate surface area is 92.6 Å². The Kier molecular flexibility index (Phi) is 4.00. The summed E-state index contributed by atoms with van der Waals surface area (Å²) in [5.74, 6) is 0.646. The summed E-state index contributed by atoms with van der Waals surface area (Å²) in [4.78, 5) is 11.3. The SMILES string of the molecule is CCNC(=O)OC1CC(C)CC(C)(C)C1. The minimum Gasteiger partial charge on any atom is -0.446 e. The average Bonchev–Trinajstić information content (AvgIpc) is 1.99. The van der Waals surface area contributed by atoms with Gasteiger partial charge in [-0.05, 0) is 37.5 Å². The average molecular weight is 213 g/mol. The first kappa shape index (κ1) is 12.3. The third-order valence-corrected chi connectivity index (χ3v) is 2.94. The quantitative estimate of drug-likeness (QED) is 0.766. The summed E-state index contributed by atoms with van der Waals surface area (Å²) in [6.45, 7) is 9.25. The molecule has 0 aromatic heterocycles. The Balaban J connectivity index is 2.45. The third-order valence-electron chi connectivity index (χ3n) is 2.94. The molecular weight excluding hydrogens is 190 g/mol. The van der Waals surface area contributed by atoms with E-state index in [-0.39, 0.29) is 12.2 Å². The lowest BCUT2D eigenvalue weighted by molar-refractivity contribution is 0.0190. The summed E-state index contributed by atoms with van der Waals surface area (Å²) in [6.07, 6.45) is 3.03. The van der Waals surface area contributed by atoms with Crippen LogP contribution in [0, 0.1) is 11.3 Å². The normalized spacial score (nSPS) is 29.6. The summed E-state index contributed by atoms with van der Waals surface area (Å²) < 4.78 is 5.39. The summed E-state index contributed by atoms with van der Waals surface area (Å²) >= 11 is 0. The number of rotatable bonds is 2. The number of carbonyl (C=O) groups excluding carboxylic acids is 1. The Bertz CT molecular complexity index is 226. The summed E-state index contributed by atoms with van der Waals surface area (Å²) in [5, 5.41) is 2.67. The summed E-state index contributed by atoms with van der Waals surface area (Å²) in [6, 6.07) is 0. The van der Waals surface area contributed by atoms with Crippen LogP contribution in [0.15, 0.2) is 0 Å². The molecule has 0 saturated heterocycles. The van der Waals surface area contributed by atoms with Gasteiger partial charge in [0.25, 0.3) is 0 Å². The maximum absolute atomic E-state index is 11.3. The van der Waals surface area contributed by atoms with Gasteiger partial charge in [0.05, 0.1) is 0 Å². The molecule has 0 heterocycles. The van der Waals surface area contributed by atoms with E-state index in [2.05, 4.69) is 26.1 Å². The van der Waals surface area contributed by atoms with Crippen molar-refractivity contribution in [2.75, 3.05) is 6.54 Å². The second-order valence-electron chi connectivity index (χ2n) is 5.47. The van der Waals surface area contributed by atoms with Gasteiger partial charge in [0, 0.05) is 6.54 Å². The number of hydrogen-bond donors (Lipinski definition) is 1. The van der Waals surface area contributed by atoms with E-state index >= 15 is 0 Å². The van der Waals surface area contributed by atoms with Crippen molar-refractivity contribution in [3.63, 3.8) is 0 Å². The number of ether oxygens (including phenoxy) is 1. The molecule has 88 valence electrons. The van der Waals surface area contributed by atoms with Crippen molar-refractivity contribution in [3.05, 3.63) is 0 Å². The highest BCUT2D eigenvalue weighted by Crippen LogP contribution is 2.39. The fraction of sp³-hybridized carbons (Fsp3) is 0.917. The largest absolute Gasteiger partial charge is 0.446 e. The van der Waals surface area contributed by atoms with E-state index in [1.54, 1.807) is 0 Å². The molecule has 0 aromatic rings. The van der Waals surface area contributed by atoms with Crippen LogP contribution in [0.1, 0.15) is 47.0 Å². The van der Waals surface area contributed by atoms with Gasteiger partial charge in [0.2, 0.25) is 0 Å². The van der Waals surface area contributed by atoms with Crippen LogP contribution in [-0.4, -0.2) is 18.7 Å². The Morgan fingerprint density at radius 1 is 1.47 bits per heavy atom. The molecule has 3 nitrogen and oxygen atoms in total. The lowest BCUT2D eigenvalue weighted by atomic mass is 9.71. The van der Waals surface area contributed by atoms with E-state index in [1.807, 2.05) is 6.92 Å². The maximum atomic E-state index is 11.3. The first-order chi connectivity index (χ1) is 6.93. The fourth-order valence-electron chi connectivity index (χ4n) is 2.69. The standard InChI is InChI=1S/C12H23NO2/c1-5-13-11(14)15-10-6-9(2)7-12(3,4)8-10/h9-10H,5-8H2,1-4H3,(H,13,14). The van der Waals surface area contributed by atoms with Gasteiger partial charge in [0.15, 0.2) is 0 Å². The van der Waals surface area contributed by atoms with Gasteiger partial charge < -0.3 is 10.1 Å². The maximum Gasteiger partial charge on any atom is 0.407 e. The van der Waals surface area contributed by atoms with E-state index in [0.717, 1.165) is 12.8 Å². The second-order valence-corrected chi connectivity index (χ2v) is 5.47. The van der Waals surface area contributed by atoms with Gasteiger partial charge in [0.1, 0.15) is 6.10 Å². The van der Waals surface area contributed by atoms with Crippen molar-refractivity contribution >= 4 is 6.09 Å². The highest BCUT2D eigenvalue weighted by atomic mass is 16.6. The van der Waals surface area contributed by atoms with Gasteiger partial charge in [-0.15, -0.1) is 0 Å². The van der Waals surface area contributed by atoms with Gasteiger partial charge in [-0.2, -0.15) is 0 Å². The van der Waals surface area contributed by atoms with Gasteiger partial charge in [-0.3, -0.25) is 0 Å². The topological polar surface area (TPSA) is 38.3 Å². The predicted molar refractivity (Wildman–Crippen MR) is 60.7 cm³/mol. The van der Waals surface area contributed by atoms with Crippen LogP contribution in [0.2, 0.25) is 0 Å². The molecule has 1 saturated carbocycles. The Morgan fingerprint density at radius 2 is 2.13 bits per heavy atom. The predicted octanol–water partition coefficient (Wildman–Crippen LogP) is 2.95. The number of carbonyl (C=O) groups is 1. The zero-order valence-electron chi connectivity index (χ0n) is 10.3. The van der Waals surface area contributed by atoms with Crippen LogP contribution in [0.4, 0.5) is 4.79 Å². The molecule has 1 aliphatic rings. The summed E-state index contributed by atoms with van der Waals surface area (Å²) in [5.41, 5.74) is 0.300. The van der Waals surface area contributed by atoms with Crippen molar-refractivity contribution in [2.45, 2.75) is 53.1 Å². The number of alkyl carbamates (subject to hydrolysis) is 1.